The molecule has 0 aromatic heterocycles. The highest BCUT2D eigenvalue weighted by Crippen LogP contribution is 2.61. The van der Waals surface area contributed by atoms with Crippen LogP contribution in [0, 0.1) is 23.2 Å². The summed E-state index contributed by atoms with van der Waals surface area (Å²) in [7, 11) is -3.89. The zero-order valence-corrected chi connectivity index (χ0v) is 16.3. The Hall–Kier alpha value is -1.11. The molecule has 5 rings (SSSR count). The van der Waals surface area contributed by atoms with E-state index in [9.17, 15) is 13.2 Å². The Balaban J connectivity index is 1.60. The highest BCUT2D eigenvalue weighted by atomic mass is 35.5. The molecule has 4 bridgehead atoms. The molecule has 142 valence electrons. The topological polar surface area (TPSA) is 83.5 Å². The zero-order valence-electron chi connectivity index (χ0n) is 14.7. The van der Waals surface area contributed by atoms with E-state index in [1.165, 1.54) is 31.4 Å². The van der Waals surface area contributed by atoms with Crippen LogP contribution in [0.15, 0.2) is 23.1 Å². The van der Waals surface area contributed by atoms with Gasteiger partial charge in [0.2, 0.25) is 10.0 Å². The van der Waals surface area contributed by atoms with Gasteiger partial charge in [0.25, 0.3) is 0 Å². The van der Waals surface area contributed by atoms with Crippen LogP contribution in [0.1, 0.15) is 55.8 Å². The number of halogens is 1. The molecule has 1 unspecified atom stereocenters. The molecule has 1 atom stereocenters. The summed E-state index contributed by atoms with van der Waals surface area (Å²) in [5.41, 5.74) is -0.0594. The van der Waals surface area contributed by atoms with Gasteiger partial charge in [-0.15, -0.1) is 0 Å². The summed E-state index contributed by atoms with van der Waals surface area (Å²) in [4.78, 5) is 11.0. The lowest BCUT2D eigenvalue weighted by molar-refractivity contribution is -0.0666. The van der Waals surface area contributed by atoms with Gasteiger partial charge in [0, 0.05) is 6.04 Å². The van der Waals surface area contributed by atoms with Crippen LogP contribution in [0.5, 0.6) is 0 Å². The molecule has 4 aliphatic rings. The van der Waals surface area contributed by atoms with Crippen molar-refractivity contribution >= 4 is 27.6 Å². The molecule has 2 N–H and O–H groups in total. The summed E-state index contributed by atoms with van der Waals surface area (Å²) >= 11 is 6.08. The van der Waals surface area contributed by atoms with Crippen LogP contribution in [0.4, 0.5) is 0 Å². The van der Waals surface area contributed by atoms with Gasteiger partial charge in [-0.3, -0.25) is 0 Å². The van der Waals surface area contributed by atoms with Crippen LogP contribution in [-0.4, -0.2) is 25.5 Å². The van der Waals surface area contributed by atoms with E-state index in [1.54, 1.807) is 0 Å². The van der Waals surface area contributed by atoms with E-state index in [1.807, 2.05) is 6.92 Å². The molecule has 4 saturated carbocycles. The van der Waals surface area contributed by atoms with Gasteiger partial charge < -0.3 is 5.11 Å². The number of rotatable bonds is 5. The van der Waals surface area contributed by atoms with Crippen molar-refractivity contribution < 1.29 is 18.3 Å². The minimum Gasteiger partial charge on any atom is -0.478 e. The predicted octanol–water partition coefficient (Wildman–Crippen LogP) is 3.92. The number of aromatic carboxylic acids is 1. The van der Waals surface area contributed by atoms with Crippen molar-refractivity contribution in [2.45, 2.75) is 56.4 Å². The maximum Gasteiger partial charge on any atom is 0.335 e. The molecule has 1 aromatic carbocycles. The van der Waals surface area contributed by atoms with Crippen molar-refractivity contribution in [3.05, 3.63) is 28.8 Å². The van der Waals surface area contributed by atoms with E-state index >= 15 is 0 Å². The summed E-state index contributed by atoms with van der Waals surface area (Å²) in [5.74, 6) is 1.01. The lowest BCUT2D eigenvalue weighted by Gasteiger charge is -2.59. The number of nitrogens with one attached hydrogen (secondary N) is 1. The van der Waals surface area contributed by atoms with Crippen LogP contribution < -0.4 is 4.72 Å². The van der Waals surface area contributed by atoms with E-state index in [0.717, 1.165) is 43.1 Å². The number of carboxylic acid groups (broad SMARTS) is 1. The molecular formula is C19H24ClNO4S. The standard InChI is InChI=1S/C19H24ClNO4S/c1-11(19-8-12-4-13(9-19)6-14(5-12)10-19)21-26(24,25)17-7-15(18(22)23)2-3-16(17)20/h2-3,7,11-14,21H,4-6,8-10H2,1H3,(H,22,23). The van der Waals surface area contributed by atoms with Gasteiger partial charge in [0.15, 0.2) is 0 Å². The Morgan fingerprint density at radius 1 is 1.19 bits per heavy atom. The van der Waals surface area contributed by atoms with E-state index < -0.39 is 16.0 Å². The number of hydrogen-bond donors (Lipinski definition) is 2. The van der Waals surface area contributed by atoms with Crippen molar-refractivity contribution in [2.24, 2.45) is 23.2 Å². The second-order valence-corrected chi connectivity index (χ2v) is 10.7. The Morgan fingerprint density at radius 2 is 1.73 bits per heavy atom. The average molecular weight is 398 g/mol. The number of carboxylic acids is 1. The van der Waals surface area contributed by atoms with Crippen LogP contribution in [0.3, 0.4) is 0 Å². The Morgan fingerprint density at radius 3 is 2.23 bits per heavy atom. The second kappa shape index (κ2) is 6.21. The van der Waals surface area contributed by atoms with Crippen molar-refractivity contribution in [1.29, 1.82) is 0 Å². The van der Waals surface area contributed by atoms with Crippen molar-refractivity contribution in [3.8, 4) is 0 Å². The van der Waals surface area contributed by atoms with Gasteiger partial charge in [0.1, 0.15) is 4.90 Å². The van der Waals surface area contributed by atoms with Crippen molar-refractivity contribution in [1.82, 2.24) is 4.72 Å². The smallest absolute Gasteiger partial charge is 0.335 e. The molecule has 4 aliphatic carbocycles. The maximum absolute atomic E-state index is 12.9. The lowest BCUT2D eigenvalue weighted by atomic mass is 9.48. The second-order valence-electron chi connectivity index (χ2n) is 8.57. The largest absolute Gasteiger partial charge is 0.478 e. The number of sulfonamides is 1. The number of benzene rings is 1. The van der Waals surface area contributed by atoms with Crippen LogP contribution in [0.25, 0.3) is 0 Å². The molecule has 0 radical (unpaired) electrons. The van der Waals surface area contributed by atoms with Gasteiger partial charge in [-0.1, -0.05) is 11.6 Å². The van der Waals surface area contributed by atoms with Gasteiger partial charge in [-0.2, -0.15) is 0 Å². The minimum atomic E-state index is -3.89. The Labute approximate surface area is 159 Å². The fraction of sp³-hybridized carbons (Fsp3) is 0.632. The molecule has 0 heterocycles. The summed E-state index contributed by atoms with van der Waals surface area (Å²) < 4.78 is 28.7. The first-order chi connectivity index (χ1) is 12.2. The third-order valence-electron chi connectivity index (χ3n) is 6.80. The molecule has 7 heteroatoms. The summed E-state index contributed by atoms with van der Waals surface area (Å²) in [6, 6.07) is 3.59. The first-order valence-corrected chi connectivity index (χ1v) is 11.1. The Kier molecular flexibility index (Phi) is 4.36. The van der Waals surface area contributed by atoms with E-state index in [0.29, 0.717) is 0 Å². The van der Waals surface area contributed by atoms with Gasteiger partial charge in [-0.25, -0.2) is 17.9 Å². The third kappa shape index (κ3) is 3.06. The molecule has 0 spiro atoms. The molecule has 1 aromatic rings. The third-order valence-corrected chi connectivity index (χ3v) is 8.83. The summed E-state index contributed by atoms with van der Waals surface area (Å²) in [6.07, 6.45) is 7.16. The minimum absolute atomic E-state index is 0.0265. The predicted molar refractivity (Wildman–Crippen MR) is 98.8 cm³/mol. The summed E-state index contributed by atoms with van der Waals surface area (Å²) in [6.45, 7) is 1.96. The fourth-order valence-electron chi connectivity index (χ4n) is 5.97. The van der Waals surface area contributed by atoms with E-state index in [-0.39, 0.29) is 26.9 Å². The van der Waals surface area contributed by atoms with Crippen LogP contribution >= 0.6 is 11.6 Å². The number of hydrogen-bond acceptors (Lipinski definition) is 3. The SMILES string of the molecule is CC(NS(=O)(=O)c1cc(C(=O)O)ccc1Cl)C12CC3CC(CC(C3)C1)C2. The molecule has 26 heavy (non-hydrogen) atoms. The van der Waals surface area contributed by atoms with Crippen LogP contribution in [-0.2, 0) is 10.0 Å². The van der Waals surface area contributed by atoms with Crippen molar-refractivity contribution in [2.75, 3.05) is 0 Å². The van der Waals surface area contributed by atoms with Gasteiger partial charge >= 0.3 is 5.97 Å². The first-order valence-electron chi connectivity index (χ1n) is 9.24. The van der Waals surface area contributed by atoms with Gasteiger partial charge in [-0.05, 0) is 86.8 Å². The monoisotopic (exact) mass is 397 g/mol. The number of carbonyl (C=O) groups is 1. The molecule has 0 aliphatic heterocycles. The lowest BCUT2D eigenvalue weighted by Crippen LogP contribution is -2.55. The van der Waals surface area contributed by atoms with Gasteiger partial charge in [0.05, 0.1) is 10.6 Å². The van der Waals surface area contributed by atoms with E-state index in [2.05, 4.69) is 4.72 Å². The summed E-state index contributed by atoms with van der Waals surface area (Å²) in [5, 5.41) is 9.19. The van der Waals surface area contributed by atoms with E-state index in [4.69, 9.17) is 16.7 Å². The first kappa shape index (κ1) is 18.3. The quantitative estimate of drug-likeness (QED) is 0.788. The van der Waals surface area contributed by atoms with Crippen molar-refractivity contribution in [3.63, 3.8) is 0 Å². The Bertz CT molecular complexity index is 816. The molecule has 0 amide bonds. The molecule has 5 nitrogen and oxygen atoms in total. The molecule has 4 fully saturated rings. The molecular weight excluding hydrogens is 374 g/mol. The molecule has 0 saturated heterocycles. The average Bonchev–Trinajstić information content (AvgIpc) is 2.53. The van der Waals surface area contributed by atoms with Crippen LogP contribution in [0.2, 0.25) is 5.02 Å². The fourth-order valence-corrected chi connectivity index (χ4v) is 7.84. The maximum atomic E-state index is 12.9. The zero-order chi connectivity index (χ0) is 18.7. The normalized spacial score (nSPS) is 34.0. The highest BCUT2D eigenvalue weighted by molar-refractivity contribution is 7.89. The highest BCUT2D eigenvalue weighted by Gasteiger charge is 2.53.